The number of aliphatic hydroxyl groups is 2. The number of hydrogen-bond acceptors (Lipinski definition) is 4. The number of carbonyl (C=O) groups is 1. The summed E-state index contributed by atoms with van der Waals surface area (Å²) in [4.78, 5) is 15.5. The summed E-state index contributed by atoms with van der Waals surface area (Å²) in [5.74, 6) is -0.485. The Balaban J connectivity index is 2.51. The van der Waals surface area contributed by atoms with Crippen molar-refractivity contribution in [2.75, 3.05) is 6.61 Å². The van der Waals surface area contributed by atoms with Gasteiger partial charge in [-0.2, -0.15) is 0 Å². The van der Waals surface area contributed by atoms with Gasteiger partial charge in [0.05, 0.1) is 6.61 Å². The van der Waals surface area contributed by atoms with Crippen LogP contribution in [0.5, 0.6) is 0 Å². The smallest absolute Gasteiger partial charge is 0.249 e. The number of aromatic nitrogens is 1. The van der Waals surface area contributed by atoms with E-state index in [0.29, 0.717) is 6.54 Å². The van der Waals surface area contributed by atoms with Gasteiger partial charge in [0.25, 0.3) is 0 Å². The molecule has 0 spiro atoms. The standard InChI is InChI=1S/C12H18N2O3/c1-12(2,8-15)10(16)11(17)14-7-9-3-5-13-6-4-9/h3-6,10,15-16H,7-8H2,1-2H3,(H,14,17). The third-order valence-corrected chi connectivity index (χ3v) is 2.61. The topological polar surface area (TPSA) is 82.5 Å². The van der Waals surface area contributed by atoms with E-state index in [0.717, 1.165) is 5.56 Å². The fourth-order valence-corrected chi connectivity index (χ4v) is 1.23. The maximum atomic E-state index is 11.6. The van der Waals surface area contributed by atoms with Crippen molar-refractivity contribution in [1.82, 2.24) is 10.3 Å². The van der Waals surface area contributed by atoms with Gasteiger partial charge in [-0.1, -0.05) is 13.8 Å². The third-order valence-electron chi connectivity index (χ3n) is 2.61. The lowest BCUT2D eigenvalue weighted by Gasteiger charge is -2.27. The van der Waals surface area contributed by atoms with Crippen molar-refractivity contribution in [2.24, 2.45) is 5.41 Å². The number of pyridine rings is 1. The molecule has 1 rings (SSSR count). The Morgan fingerprint density at radius 3 is 2.59 bits per heavy atom. The van der Waals surface area contributed by atoms with E-state index in [9.17, 15) is 9.90 Å². The maximum absolute atomic E-state index is 11.6. The molecule has 0 saturated carbocycles. The van der Waals surface area contributed by atoms with Crippen molar-refractivity contribution < 1.29 is 15.0 Å². The zero-order valence-corrected chi connectivity index (χ0v) is 10.1. The number of rotatable bonds is 5. The van der Waals surface area contributed by atoms with Crippen molar-refractivity contribution in [3.63, 3.8) is 0 Å². The summed E-state index contributed by atoms with van der Waals surface area (Å²) in [6.07, 6.45) is 2.04. The van der Waals surface area contributed by atoms with E-state index in [-0.39, 0.29) is 6.61 Å². The van der Waals surface area contributed by atoms with Gasteiger partial charge < -0.3 is 15.5 Å². The quantitative estimate of drug-likeness (QED) is 0.678. The van der Waals surface area contributed by atoms with Crippen LogP contribution in [-0.4, -0.2) is 33.8 Å². The van der Waals surface area contributed by atoms with Gasteiger partial charge in [0.1, 0.15) is 6.10 Å². The van der Waals surface area contributed by atoms with Crippen LogP contribution in [0.2, 0.25) is 0 Å². The molecule has 17 heavy (non-hydrogen) atoms. The Morgan fingerprint density at radius 1 is 1.47 bits per heavy atom. The molecule has 3 N–H and O–H groups in total. The first-order valence-electron chi connectivity index (χ1n) is 5.43. The highest BCUT2D eigenvalue weighted by Gasteiger charge is 2.32. The molecule has 0 aliphatic rings. The fourth-order valence-electron chi connectivity index (χ4n) is 1.23. The molecule has 1 aromatic heterocycles. The van der Waals surface area contributed by atoms with E-state index in [1.165, 1.54) is 0 Å². The van der Waals surface area contributed by atoms with Crippen LogP contribution in [0, 0.1) is 5.41 Å². The van der Waals surface area contributed by atoms with Crippen LogP contribution in [-0.2, 0) is 11.3 Å². The molecule has 1 aromatic rings. The molecule has 5 nitrogen and oxygen atoms in total. The molecule has 0 fully saturated rings. The lowest BCUT2D eigenvalue weighted by Crippen LogP contribution is -2.45. The number of hydrogen-bond donors (Lipinski definition) is 3. The Labute approximate surface area is 101 Å². The molecule has 0 aliphatic heterocycles. The number of amides is 1. The molecular formula is C12H18N2O3. The molecule has 0 aromatic carbocycles. The highest BCUT2D eigenvalue weighted by atomic mass is 16.3. The SMILES string of the molecule is CC(C)(CO)C(O)C(=O)NCc1ccncc1. The molecule has 1 atom stereocenters. The zero-order chi connectivity index (χ0) is 12.9. The number of aliphatic hydroxyl groups excluding tert-OH is 2. The number of nitrogens with zero attached hydrogens (tertiary/aromatic N) is 1. The minimum atomic E-state index is -1.23. The molecule has 0 bridgehead atoms. The van der Waals surface area contributed by atoms with Gasteiger partial charge in [-0.3, -0.25) is 9.78 Å². The molecule has 94 valence electrons. The van der Waals surface area contributed by atoms with Crippen LogP contribution in [0.1, 0.15) is 19.4 Å². The van der Waals surface area contributed by atoms with Gasteiger partial charge in [0.15, 0.2) is 0 Å². The zero-order valence-electron chi connectivity index (χ0n) is 10.1. The molecule has 0 aliphatic carbocycles. The third kappa shape index (κ3) is 3.80. The van der Waals surface area contributed by atoms with Gasteiger partial charge in [-0.15, -0.1) is 0 Å². The van der Waals surface area contributed by atoms with Crippen LogP contribution < -0.4 is 5.32 Å². The van der Waals surface area contributed by atoms with E-state index >= 15 is 0 Å². The van der Waals surface area contributed by atoms with Crippen LogP contribution in [0.3, 0.4) is 0 Å². The highest BCUT2D eigenvalue weighted by molar-refractivity contribution is 5.81. The second-order valence-electron chi connectivity index (χ2n) is 4.62. The van der Waals surface area contributed by atoms with Crippen LogP contribution in [0.15, 0.2) is 24.5 Å². The first kappa shape index (κ1) is 13.6. The predicted molar refractivity (Wildman–Crippen MR) is 63.0 cm³/mol. The van der Waals surface area contributed by atoms with E-state index in [2.05, 4.69) is 10.3 Å². The first-order chi connectivity index (χ1) is 7.97. The lowest BCUT2D eigenvalue weighted by atomic mass is 9.87. The lowest BCUT2D eigenvalue weighted by molar-refractivity contribution is -0.137. The highest BCUT2D eigenvalue weighted by Crippen LogP contribution is 2.19. The van der Waals surface area contributed by atoms with Crippen LogP contribution in [0.4, 0.5) is 0 Å². The summed E-state index contributed by atoms with van der Waals surface area (Å²) in [6.45, 7) is 3.34. The molecule has 1 amide bonds. The summed E-state index contributed by atoms with van der Waals surface area (Å²) in [7, 11) is 0. The summed E-state index contributed by atoms with van der Waals surface area (Å²) >= 11 is 0. The first-order valence-corrected chi connectivity index (χ1v) is 5.43. The van der Waals surface area contributed by atoms with Gasteiger partial charge in [-0.05, 0) is 17.7 Å². The maximum Gasteiger partial charge on any atom is 0.249 e. The number of nitrogens with one attached hydrogen (secondary N) is 1. The average Bonchev–Trinajstić information content (AvgIpc) is 2.36. The molecule has 0 saturated heterocycles. The van der Waals surface area contributed by atoms with Crippen molar-refractivity contribution in [3.05, 3.63) is 30.1 Å². The summed E-state index contributed by atoms with van der Waals surface area (Å²) < 4.78 is 0. The van der Waals surface area contributed by atoms with Crippen molar-refractivity contribution in [2.45, 2.75) is 26.5 Å². The Hall–Kier alpha value is -1.46. The summed E-state index contributed by atoms with van der Waals surface area (Å²) in [5, 5.41) is 21.4. The van der Waals surface area contributed by atoms with E-state index in [1.54, 1.807) is 38.4 Å². The van der Waals surface area contributed by atoms with Crippen LogP contribution in [0.25, 0.3) is 0 Å². The average molecular weight is 238 g/mol. The molecule has 0 radical (unpaired) electrons. The largest absolute Gasteiger partial charge is 0.396 e. The predicted octanol–water partition coefficient (Wildman–Crippen LogP) is 0.0772. The monoisotopic (exact) mass is 238 g/mol. The van der Waals surface area contributed by atoms with Gasteiger partial charge in [0.2, 0.25) is 5.91 Å². The Bertz CT molecular complexity index is 365. The second kappa shape index (κ2) is 5.75. The van der Waals surface area contributed by atoms with Crippen molar-refractivity contribution in [1.29, 1.82) is 0 Å². The fraction of sp³-hybridized carbons (Fsp3) is 0.500. The molecule has 5 heteroatoms. The van der Waals surface area contributed by atoms with Crippen LogP contribution >= 0.6 is 0 Å². The molecule has 1 unspecified atom stereocenters. The molecular weight excluding hydrogens is 220 g/mol. The molecule has 1 heterocycles. The van der Waals surface area contributed by atoms with Gasteiger partial charge >= 0.3 is 0 Å². The van der Waals surface area contributed by atoms with Gasteiger partial charge in [-0.25, -0.2) is 0 Å². The minimum absolute atomic E-state index is 0.253. The normalized spacial score (nSPS) is 13.2. The minimum Gasteiger partial charge on any atom is -0.396 e. The van der Waals surface area contributed by atoms with E-state index in [4.69, 9.17) is 5.11 Å². The number of carbonyl (C=O) groups excluding carboxylic acids is 1. The second-order valence-corrected chi connectivity index (χ2v) is 4.62. The van der Waals surface area contributed by atoms with Crippen molar-refractivity contribution >= 4 is 5.91 Å². The summed E-state index contributed by atoms with van der Waals surface area (Å²) in [6, 6.07) is 3.56. The van der Waals surface area contributed by atoms with E-state index < -0.39 is 17.4 Å². The van der Waals surface area contributed by atoms with E-state index in [1.807, 2.05) is 0 Å². The Morgan fingerprint density at radius 2 is 2.06 bits per heavy atom. The van der Waals surface area contributed by atoms with Crippen molar-refractivity contribution in [3.8, 4) is 0 Å². The van der Waals surface area contributed by atoms with Gasteiger partial charge in [0, 0.05) is 24.4 Å². The summed E-state index contributed by atoms with van der Waals surface area (Å²) in [5.41, 5.74) is 0.0600. The Kier molecular flexibility index (Phi) is 4.60.